The Balaban J connectivity index is 2.78. The fraction of sp³-hybridized carbons (Fsp3) is 0.692. The number of rotatable bonds is 7. The van der Waals surface area contributed by atoms with Crippen LogP contribution in [0.3, 0.4) is 0 Å². The summed E-state index contributed by atoms with van der Waals surface area (Å²) in [6, 6.07) is -0.0354. The Kier molecular flexibility index (Phi) is 6.22. The van der Waals surface area contributed by atoms with Gasteiger partial charge in [-0.2, -0.15) is 0 Å². The summed E-state index contributed by atoms with van der Waals surface area (Å²) in [5.41, 5.74) is 5.81. The molecule has 1 aromatic heterocycles. The van der Waals surface area contributed by atoms with Crippen molar-refractivity contribution in [2.75, 3.05) is 37.9 Å². The average Bonchev–Trinajstić information content (AvgIpc) is 2.76. The molecule has 0 aliphatic rings. The van der Waals surface area contributed by atoms with Gasteiger partial charge in [-0.3, -0.25) is 4.79 Å². The molecule has 7 heteroatoms. The van der Waals surface area contributed by atoms with Crippen LogP contribution in [0.15, 0.2) is 0 Å². The Morgan fingerprint density at radius 2 is 2.15 bits per heavy atom. The van der Waals surface area contributed by atoms with Crippen LogP contribution in [0, 0.1) is 5.92 Å². The maximum absolute atomic E-state index is 12.3. The summed E-state index contributed by atoms with van der Waals surface area (Å²) >= 11 is 1.29. The van der Waals surface area contributed by atoms with Gasteiger partial charge in [0.05, 0.1) is 12.6 Å². The van der Waals surface area contributed by atoms with Crippen molar-refractivity contribution >= 4 is 28.2 Å². The van der Waals surface area contributed by atoms with Crippen LogP contribution in [0.1, 0.15) is 30.4 Å². The lowest BCUT2D eigenvalue weighted by atomic mass is 10.1. The normalized spacial score (nSPS) is 12.5. The zero-order valence-electron chi connectivity index (χ0n) is 12.8. The van der Waals surface area contributed by atoms with E-state index >= 15 is 0 Å². The summed E-state index contributed by atoms with van der Waals surface area (Å²) in [6.45, 7) is 7.16. The number of nitrogens with two attached hydrogens (primary N) is 1. The number of amides is 1. The van der Waals surface area contributed by atoms with Crippen molar-refractivity contribution < 1.29 is 9.53 Å². The number of hydrogen-bond donors (Lipinski definition) is 2. The van der Waals surface area contributed by atoms with Crippen molar-refractivity contribution in [2.45, 2.75) is 26.8 Å². The second kappa shape index (κ2) is 7.44. The van der Waals surface area contributed by atoms with Crippen LogP contribution in [0.25, 0.3) is 0 Å². The van der Waals surface area contributed by atoms with Crippen LogP contribution >= 0.6 is 11.3 Å². The Morgan fingerprint density at radius 3 is 2.60 bits per heavy atom. The lowest BCUT2D eigenvalue weighted by Crippen LogP contribution is -2.41. The first-order chi connectivity index (χ1) is 9.36. The van der Waals surface area contributed by atoms with Crippen LogP contribution < -0.4 is 16.0 Å². The Bertz CT molecular complexity index is 446. The number of nitrogens with zero attached hydrogens (tertiary/aromatic N) is 2. The summed E-state index contributed by atoms with van der Waals surface area (Å²) in [4.78, 5) is 18.7. The standard InChI is InChI=1S/C13H24N4O2S/c1-6-19-7-9(8(2)3)15-12(18)10-11(14)16-13(20-10)17(4)5/h8-9H,6-7,14H2,1-5H3,(H,15,18). The smallest absolute Gasteiger partial charge is 0.265 e. The minimum atomic E-state index is -0.188. The zero-order chi connectivity index (χ0) is 15.3. The van der Waals surface area contributed by atoms with Gasteiger partial charge in [-0.25, -0.2) is 4.98 Å². The largest absolute Gasteiger partial charge is 0.382 e. The molecule has 1 rings (SSSR count). The summed E-state index contributed by atoms with van der Waals surface area (Å²) in [6.07, 6.45) is 0. The molecule has 1 aromatic rings. The van der Waals surface area contributed by atoms with Gasteiger partial charge in [0.25, 0.3) is 5.91 Å². The monoisotopic (exact) mass is 300 g/mol. The van der Waals surface area contributed by atoms with E-state index in [0.29, 0.717) is 18.1 Å². The molecule has 6 nitrogen and oxygen atoms in total. The molecule has 20 heavy (non-hydrogen) atoms. The number of carbonyl (C=O) groups is 1. The molecule has 0 saturated carbocycles. The average molecular weight is 300 g/mol. The number of carbonyl (C=O) groups excluding carboxylic acids is 1. The molecule has 1 unspecified atom stereocenters. The summed E-state index contributed by atoms with van der Waals surface area (Å²) in [5.74, 6) is 0.370. The highest BCUT2D eigenvalue weighted by Crippen LogP contribution is 2.26. The van der Waals surface area contributed by atoms with Gasteiger partial charge in [0.1, 0.15) is 10.7 Å². The lowest BCUT2D eigenvalue weighted by Gasteiger charge is -2.21. The minimum Gasteiger partial charge on any atom is -0.382 e. The third-order valence-electron chi connectivity index (χ3n) is 2.85. The number of hydrogen-bond acceptors (Lipinski definition) is 6. The lowest BCUT2D eigenvalue weighted by molar-refractivity contribution is 0.0810. The van der Waals surface area contributed by atoms with Crippen molar-refractivity contribution in [3.05, 3.63) is 4.88 Å². The summed E-state index contributed by atoms with van der Waals surface area (Å²) < 4.78 is 5.40. The predicted octanol–water partition coefficient (Wildman–Crippen LogP) is 1.58. The van der Waals surface area contributed by atoms with E-state index in [0.717, 1.165) is 5.13 Å². The van der Waals surface area contributed by atoms with Gasteiger partial charge < -0.3 is 20.7 Å². The number of nitrogen functional groups attached to an aromatic ring is 1. The highest BCUT2D eigenvalue weighted by Gasteiger charge is 2.22. The first kappa shape index (κ1) is 16.7. The fourth-order valence-corrected chi connectivity index (χ4v) is 2.36. The van der Waals surface area contributed by atoms with E-state index in [-0.39, 0.29) is 23.7 Å². The van der Waals surface area contributed by atoms with Gasteiger partial charge in [0.2, 0.25) is 0 Å². The molecule has 1 atom stereocenters. The Morgan fingerprint density at radius 1 is 1.50 bits per heavy atom. The van der Waals surface area contributed by atoms with Crippen LogP contribution in [0.2, 0.25) is 0 Å². The van der Waals surface area contributed by atoms with Gasteiger partial charge in [-0.15, -0.1) is 0 Å². The van der Waals surface area contributed by atoms with E-state index in [2.05, 4.69) is 10.3 Å². The van der Waals surface area contributed by atoms with Crippen molar-refractivity contribution in [2.24, 2.45) is 5.92 Å². The maximum atomic E-state index is 12.3. The van der Waals surface area contributed by atoms with Crippen molar-refractivity contribution in [1.29, 1.82) is 0 Å². The first-order valence-electron chi connectivity index (χ1n) is 6.69. The number of thiazole rings is 1. The third-order valence-corrected chi connectivity index (χ3v) is 4.09. The second-order valence-corrected chi connectivity index (χ2v) is 6.07. The van der Waals surface area contributed by atoms with Gasteiger partial charge in [-0.1, -0.05) is 25.2 Å². The number of aromatic nitrogens is 1. The van der Waals surface area contributed by atoms with Crippen molar-refractivity contribution in [3.8, 4) is 0 Å². The zero-order valence-corrected chi connectivity index (χ0v) is 13.6. The molecule has 0 fully saturated rings. The number of nitrogens with one attached hydrogen (secondary N) is 1. The van der Waals surface area contributed by atoms with E-state index in [1.807, 2.05) is 39.8 Å². The molecule has 0 radical (unpaired) electrons. The summed E-state index contributed by atoms with van der Waals surface area (Å²) in [7, 11) is 3.73. The molecule has 1 amide bonds. The first-order valence-corrected chi connectivity index (χ1v) is 7.50. The second-order valence-electron chi connectivity index (χ2n) is 5.09. The van der Waals surface area contributed by atoms with E-state index in [1.165, 1.54) is 11.3 Å². The SMILES string of the molecule is CCOCC(NC(=O)c1sc(N(C)C)nc1N)C(C)C. The van der Waals surface area contributed by atoms with E-state index in [1.54, 1.807) is 0 Å². The minimum absolute atomic E-state index is 0.0354. The molecule has 3 N–H and O–H groups in total. The molecular formula is C13H24N4O2S. The van der Waals surface area contributed by atoms with E-state index in [9.17, 15) is 4.79 Å². The quantitative estimate of drug-likeness (QED) is 0.799. The molecule has 0 aliphatic carbocycles. The molecule has 0 saturated heterocycles. The van der Waals surface area contributed by atoms with Crippen LogP contribution in [-0.4, -0.2) is 44.2 Å². The Hall–Kier alpha value is -1.34. The van der Waals surface area contributed by atoms with Gasteiger partial charge in [0.15, 0.2) is 5.13 Å². The fourth-order valence-electron chi connectivity index (χ4n) is 1.55. The summed E-state index contributed by atoms with van der Waals surface area (Å²) in [5, 5.41) is 3.69. The Labute approximate surface area is 124 Å². The van der Waals surface area contributed by atoms with Gasteiger partial charge in [-0.05, 0) is 12.8 Å². The van der Waals surface area contributed by atoms with Gasteiger partial charge >= 0.3 is 0 Å². The van der Waals surface area contributed by atoms with Crippen molar-refractivity contribution in [3.63, 3.8) is 0 Å². The highest BCUT2D eigenvalue weighted by molar-refractivity contribution is 7.18. The highest BCUT2D eigenvalue weighted by atomic mass is 32.1. The van der Waals surface area contributed by atoms with Crippen molar-refractivity contribution in [1.82, 2.24) is 10.3 Å². The van der Waals surface area contributed by atoms with E-state index < -0.39 is 0 Å². The van der Waals surface area contributed by atoms with Crippen LogP contribution in [-0.2, 0) is 4.74 Å². The molecule has 0 bridgehead atoms. The maximum Gasteiger partial charge on any atom is 0.265 e. The predicted molar refractivity (Wildman–Crippen MR) is 83.4 cm³/mol. The van der Waals surface area contributed by atoms with Gasteiger partial charge in [0, 0.05) is 20.7 Å². The molecule has 114 valence electrons. The van der Waals surface area contributed by atoms with Crippen LogP contribution in [0.5, 0.6) is 0 Å². The topological polar surface area (TPSA) is 80.5 Å². The molecule has 0 spiro atoms. The molecular weight excluding hydrogens is 276 g/mol. The number of ether oxygens (including phenoxy) is 1. The molecule has 1 heterocycles. The molecule has 0 aromatic carbocycles. The number of anilines is 2. The van der Waals surface area contributed by atoms with E-state index in [4.69, 9.17) is 10.5 Å². The molecule has 0 aliphatic heterocycles. The third kappa shape index (κ3) is 4.35. The van der Waals surface area contributed by atoms with Crippen LogP contribution in [0.4, 0.5) is 10.9 Å².